The minimum Gasteiger partial charge on any atom is -0.359 e. The quantitative estimate of drug-likeness (QED) is 0.0994. The van der Waals surface area contributed by atoms with Crippen molar-refractivity contribution < 1.29 is 13.2 Å². The van der Waals surface area contributed by atoms with Crippen molar-refractivity contribution in [1.82, 2.24) is 9.62 Å². The van der Waals surface area contributed by atoms with Gasteiger partial charge in [-0.25, -0.2) is 13.1 Å². The molecule has 0 amide bonds. The largest absolute Gasteiger partial charge is 0.359 e. The van der Waals surface area contributed by atoms with Crippen LogP contribution in [0.5, 0.6) is 0 Å². The van der Waals surface area contributed by atoms with Crippen molar-refractivity contribution in [2.24, 2.45) is 0 Å². The number of rotatable bonds is 13. The summed E-state index contributed by atoms with van der Waals surface area (Å²) in [6.07, 6.45) is 1.88. The number of hydrogen-bond donors (Lipinski definition) is 1. The van der Waals surface area contributed by atoms with Gasteiger partial charge < -0.3 is 4.74 Å². The normalized spacial score (nSPS) is 18.4. The Kier molecular flexibility index (Phi) is 10.2. The molecule has 0 radical (unpaired) electrons. The molecule has 0 spiro atoms. The maximum atomic E-state index is 13.5. The Hall–Kier alpha value is -3.85. The van der Waals surface area contributed by atoms with Crippen LogP contribution in [0.4, 0.5) is 0 Å². The van der Waals surface area contributed by atoms with E-state index in [-0.39, 0.29) is 24.5 Å². The van der Waals surface area contributed by atoms with E-state index in [0.29, 0.717) is 23.6 Å². The van der Waals surface area contributed by atoms with E-state index in [9.17, 15) is 8.42 Å². The minimum absolute atomic E-state index is 0.00244. The highest BCUT2D eigenvalue weighted by atomic mass is 79.9. The van der Waals surface area contributed by atoms with Crippen LogP contribution in [0.25, 0.3) is 0 Å². The lowest BCUT2D eigenvalue weighted by Crippen LogP contribution is -2.67. The fourth-order valence-electron chi connectivity index (χ4n) is 6.92. The number of aryl methyl sites for hydroxylation is 1. The number of ether oxygens (including phenoxy) is 1. The van der Waals surface area contributed by atoms with Crippen LogP contribution in [0.15, 0.2) is 162 Å². The Bertz CT molecular complexity index is 1790. The molecule has 6 rings (SSSR count). The average Bonchev–Trinajstić information content (AvgIpc) is 3.10. The smallest absolute Gasteiger partial charge is 0.240 e. The first-order valence-corrected chi connectivity index (χ1v) is 18.1. The van der Waals surface area contributed by atoms with Crippen LogP contribution < -0.4 is 4.72 Å². The highest BCUT2D eigenvalue weighted by molar-refractivity contribution is 9.10. The van der Waals surface area contributed by atoms with Crippen LogP contribution in [0.2, 0.25) is 0 Å². The van der Waals surface area contributed by atoms with E-state index < -0.39 is 15.6 Å². The fraction of sp³-hybridized carbons (Fsp3) is 0.200. The lowest BCUT2D eigenvalue weighted by molar-refractivity contribution is -0.0870. The van der Waals surface area contributed by atoms with Gasteiger partial charge in [0.25, 0.3) is 0 Å². The summed E-state index contributed by atoms with van der Waals surface area (Å²) in [7, 11) is -3.72. The molecule has 0 saturated carbocycles. The molecule has 1 aliphatic heterocycles. The standard InChI is InChI=1S/C40H39BrN2O3S/c1-3-27-43-36(28-42-47(44,45)38-22-14-13-15-30(38)2)39(31-23-25-35(41)26-24-31)37(43)29-46-40(32-16-7-4-8-17-32,33-18-9-5-10-19-33)34-20-11-6-12-21-34/h3-26,36-37,39,42H,1,27-29H2,2H3/t36-,37+,39-/m0/s1. The average molecular weight is 708 g/mol. The third kappa shape index (κ3) is 6.77. The maximum Gasteiger partial charge on any atom is 0.240 e. The van der Waals surface area contributed by atoms with Gasteiger partial charge in [-0.2, -0.15) is 0 Å². The van der Waals surface area contributed by atoms with E-state index in [4.69, 9.17) is 4.74 Å². The molecule has 0 aliphatic carbocycles. The summed E-state index contributed by atoms with van der Waals surface area (Å²) in [5, 5.41) is 0. The highest BCUT2D eigenvalue weighted by Gasteiger charge is 2.50. The minimum atomic E-state index is -3.72. The van der Waals surface area contributed by atoms with Gasteiger partial charge in [0, 0.05) is 35.6 Å². The van der Waals surface area contributed by atoms with Crippen LogP contribution in [0.3, 0.4) is 0 Å². The van der Waals surface area contributed by atoms with Crippen molar-refractivity contribution in [3.8, 4) is 0 Å². The molecule has 7 heteroatoms. The van der Waals surface area contributed by atoms with E-state index >= 15 is 0 Å². The van der Waals surface area contributed by atoms with Crippen LogP contribution in [0, 0.1) is 6.92 Å². The van der Waals surface area contributed by atoms with E-state index in [0.717, 1.165) is 26.7 Å². The molecule has 1 aliphatic rings. The number of hydrogen-bond acceptors (Lipinski definition) is 4. The third-order valence-corrected chi connectivity index (χ3v) is 11.3. The van der Waals surface area contributed by atoms with Crippen molar-refractivity contribution in [2.45, 2.75) is 35.4 Å². The van der Waals surface area contributed by atoms with E-state index in [1.807, 2.05) is 91.9 Å². The Morgan fingerprint density at radius 3 is 1.79 bits per heavy atom. The van der Waals surface area contributed by atoms with Gasteiger partial charge in [-0.15, -0.1) is 6.58 Å². The molecule has 0 unspecified atom stereocenters. The predicted molar refractivity (Wildman–Crippen MR) is 193 cm³/mol. The van der Waals surface area contributed by atoms with Gasteiger partial charge in [0.15, 0.2) is 0 Å². The van der Waals surface area contributed by atoms with E-state index in [1.165, 1.54) is 0 Å². The summed E-state index contributed by atoms with van der Waals surface area (Å²) < 4.78 is 38.2. The Morgan fingerprint density at radius 1 is 0.766 bits per heavy atom. The van der Waals surface area contributed by atoms with Crippen molar-refractivity contribution in [3.63, 3.8) is 0 Å². The number of benzene rings is 5. The van der Waals surface area contributed by atoms with Gasteiger partial charge in [-0.05, 0) is 52.9 Å². The summed E-state index contributed by atoms with van der Waals surface area (Å²) >= 11 is 3.59. The molecule has 240 valence electrons. The molecule has 5 aromatic carbocycles. The zero-order valence-corrected chi connectivity index (χ0v) is 28.8. The zero-order valence-electron chi connectivity index (χ0n) is 26.4. The van der Waals surface area contributed by atoms with E-state index in [2.05, 4.69) is 80.7 Å². The van der Waals surface area contributed by atoms with Crippen LogP contribution in [0.1, 0.15) is 33.7 Å². The first kappa shape index (κ1) is 33.1. The number of halogens is 1. The molecule has 5 nitrogen and oxygen atoms in total. The topological polar surface area (TPSA) is 58.6 Å². The third-order valence-electron chi connectivity index (χ3n) is 9.15. The lowest BCUT2D eigenvalue weighted by atomic mass is 9.74. The second kappa shape index (κ2) is 14.5. The number of nitrogens with zero attached hydrogens (tertiary/aromatic N) is 1. The molecule has 1 saturated heterocycles. The Balaban J connectivity index is 1.38. The first-order chi connectivity index (χ1) is 22.8. The fourth-order valence-corrected chi connectivity index (χ4v) is 8.48. The molecule has 1 fully saturated rings. The Labute approximate surface area is 287 Å². The van der Waals surface area contributed by atoms with Gasteiger partial charge in [0.1, 0.15) is 5.60 Å². The molecule has 3 atom stereocenters. The van der Waals surface area contributed by atoms with E-state index in [1.54, 1.807) is 12.1 Å². The Morgan fingerprint density at radius 2 is 1.28 bits per heavy atom. The summed E-state index contributed by atoms with van der Waals surface area (Å²) in [6.45, 7) is 7.11. The molecule has 1 N–H and O–H groups in total. The van der Waals surface area contributed by atoms with Gasteiger partial charge in [-0.3, -0.25) is 4.90 Å². The van der Waals surface area contributed by atoms with Gasteiger partial charge in [0.05, 0.1) is 11.5 Å². The predicted octanol–water partition coefficient (Wildman–Crippen LogP) is 8.07. The zero-order chi connectivity index (χ0) is 32.9. The molecule has 0 aromatic heterocycles. The van der Waals surface area contributed by atoms with Crippen molar-refractivity contribution in [1.29, 1.82) is 0 Å². The molecule has 5 aromatic rings. The summed E-state index contributed by atoms with van der Waals surface area (Å²) in [4.78, 5) is 2.61. The summed E-state index contributed by atoms with van der Waals surface area (Å²) in [6, 6.07) is 46.3. The molecular formula is C40H39BrN2O3S. The monoisotopic (exact) mass is 706 g/mol. The van der Waals surface area contributed by atoms with Crippen molar-refractivity contribution >= 4 is 26.0 Å². The second-order valence-corrected chi connectivity index (χ2v) is 14.6. The first-order valence-electron chi connectivity index (χ1n) is 15.8. The van der Waals surface area contributed by atoms with Gasteiger partial charge in [0.2, 0.25) is 10.0 Å². The van der Waals surface area contributed by atoms with Crippen molar-refractivity contribution in [3.05, 3.63) is 184 Å². The van der Waals surface area contributed by atoms with Crippen molar-refractivity contribution in [2.75, 3.05) is 19.7 Å². The number of nitrogens with one attached hydrogen (secondary N) is 1. The van der Waals surface area contributed by atoms with Crippen LogP contribution in [-0.2, 0) is 20.4 Å². The maximum absolute atomic E-state index is 13.5. The SMILES string of the molecule is C=CCN1[C@H](COC(c2ccccc2)(c2ccccc2)c2ccccc2)[C@@H](c2ccc(Br)cc2)[C@@H]1CNS(=O)(=O)c1ccccc1C. The van der Waals surface area contributed by atoms with Crippen LogP contribution in [-0.4, -0.2) is 45.1 Å². The molecule has 47 heavy (non-hydrogen) atoms. The van der Waals surface area contributed by atoms with Gasteiger partial charge >= 0.3 is 0 Å². The molecular weight excluding hydrogens is 668 g/mol. The van der Waals surface area contributed by atoms with Gasteiger partial charge in [-0.1, -0.05) is 143 Å². The summed E-state index contributed by atoms with van der Waals surface area (Å²) in [5.74, 6) is 0.00244. The second-order valence-electron chi connectivity index (χ2n) is 11.9. The number of likely N-dealkylation sites (tertiary alicyclic amines) is 1. The highest BCUT2D eigenvalue weighted by Crippen LogP contribution is 2.45. The molecule has 0 bridgehead atoms. The number of sulfonamides is 1. The lowest BCUT2D eigenvalue weighted by Gasteiger charge is -2.56. The molecule has 1 heterocycles. The van der Waals surface area contributed by atoms with Crippen LogP contribution >= 0.6 is 15.9 Å². The summed E-state index contributed by atoms with van der Waals surface area (Å²) in [5.41, 5.74) is 4.09.